The predicted octanol–water partition coefficient (Wildman–Crippen LogP) is 7.30. The lowest BCUT2D eigenvalue weighted by Crippen LogP contribution is -2.14. The molecule has 0 fully saturated rings. The van der Waals surface area contributed by atoms with Crippen LogP contribution in [0.1, 0.15) is 16.7 Å². The Morgan fingerprint density at radius 1 is 1.06 bits per heavy atom. The number of hydrogen-bond donors (Lipinski definition) is 1. The fraction of sp³-hybridized carbons (Fsp3) is 0.138. The summed E-state index contributed by atoms with van der Waals surface area (Å²) in [5, 5.41) is 14.0. The summed E-state index contributed by atoms with van der Waals surface area (Å²) in [7, 11) is 1.60. The third-order valence-electron chi connectivity index (χ3n) is 5.64. The van der Waals surface area contributed by atoms with Crippen molar-refractivity contribution in [1.82, 2.24) is 4.98 Å². The van der Waals surface area contributed by atoms with E-state index in [1.165, 1.54) is 11.8 Å². The molecule has 0 radical (unpaired) electrons. The van der Waals surface area contributed by atoms with Gasteiger partial charge in [0.15, 0.2) is 0 Å². The zero-order valence-electron chi connectivity index (χ0n) is 20.1. The minimum Gasteiger partial charge on any atom is -0.496 e. The molecule has 4 aromatic rings. The summed E-state index contributed by atoms with van der Waals surface area (Å²) in [6.07, 6.45) is 0. The number of benzene rings is 3. The molecular formula is C29H24ClN3O2S. The van der Waals surface area contributed by atoms with Gasteiger partial charge >= 0.3 is 0 Å². The molecule has 0 saturated carbocycles. The summed E-state index contributed by atoms with van der Waals surface area (Å²) in [6.45, 7) is 3.93. The second-order valence-electron chi connectivity index (χ2n) is 8.21. The van der Waals surface area contributed by atoms with E-state index in [4.69, 9.17) is 21.3 Å². The van der Waals surface area contributed by atoms with Crippen LogP contribution in [0.2, 0.25) is 5.02 Å². The summed E-state index contributed by atoms with van der Waals surface area (Å²) >= 11 is 7.40. The van der Waals surface area contributed by atoms with Gasteiger partial charge in [-0.3, -0.25) is 4.79 Å². The predicted molar refractivity (Wildman–Crippen MR) is 147 cm³/mol. The van der Waals surface area contributed by atoms with E-state index in [9.17, 15) is 10.1 Å². The Kier molecular flexibility index (Phi) is 7.94. The van der Waals surface area contributed by atoms with Gasteiger partial charge in [-0.1, -0.05) is 77.5 Å². The van der Waals surface area contributed by atoms with Crippen molar-refractivity contribution < 1.29 is 9.53 Å². The molecule has 0 atom stereocenters. The minimum absolute atomic E-state index is 0.0793. The van der Waals surface area contributed by atoms with Crippen LogP contribution in [0.4, 0.5) is 5.69 Å². The van der Waals surface area contributed by atoms with Crippen LogP contribution in [0.15, 0.2) is 77.8 Å². The van der Waals surface area contributed by atoms with Crippen LogP contribution < -0.4 is 10.1 Å². The van der Waals surface area contributed by atoms with Crippen LogP contribution in [-0.4, -0.2) is 23.8 Å². The fourth-order valence-corrected chi connectivity index (χ4v) is 4.67. The van der Waals surface area contributed by atoms with Crippen molar-refractivity contribution in [3.05, 3.63) is 94.5 Å². The first-order chi connectivity index (χ1) is 17.4. The molecular weight excluding hydrogens is 490 g/mol. The largest absolute Gasteiger partial charge is 0.496 e. The normalized spacial score (nSPS) is 10.5. The molecule has 0 aliphatic rings. The van der Waals surface area contributed by atoms with Gasteiger partial charge in [0.1, 0.15) is 16.8 Å². The Labute approximate surface area is 220 Å². The molecule has 0 spiro atoms. The standard InChI is InChI=1S/C29H24ClN3O2S/c1-18-8-11-20(12-9-18)26-15-23(22-6-4-5-7-27(22)35-3)24(16-31)29(33-26)36-17-28(34)32-21-13-10-19(2)25(30)14-21/h4-15H,17H2,1-3H3,(H,32,34). The second-order valence-corrected chi connectivity index (χ2v) is 9.59. The van der Waals surface area contributed by atoms with E-state index in [1.807, 2.05) is 74.5 Å². The first-order valence-corrected chi connectivity index (χ1v) is 12.6. The average Bonchev–Trinajstić information content (AvgIpc) is 2.89. The molecule has 0 unspecified atom stereocenters. The van der Waals surface area contributed by atoms with Crippen molar-refractivity contribution in [1.29, 1.82) is 5.26 Å². The van der Waals surface area contributed by atoms with Crippen LogP contribution in [-0.2, 0) is 4.79 Å². The number of pyridine rings is 1. The Morgan fingerprint density at radius 2 is 1.81 bits per heavy atom. The van der Waals surface area contributed by atoms with Gasteiger partial charge in [0.05, 0.1) is 24.1 Å². The number of rotatable bonds is 7. The van der Waals surface area contributed by atoms with Crippen LogP contribution in [0.3, 0.4) is 0 Å². The van der Waals surface area contributed by atoms with E-state index in [-0.39, 0.29) is 11.7 Å². The minimum atomic E-state index is -0.217. The number of halogens is 1. The van der Waals surface area contributed by atoms with Gasteiger partial charge in [0, 0.05) is 27.4 Å². The lowest BCUT2D eigenvalue weighted by atomic mass is 9.98. The lowest BCUT2D eigenvalue weighted by Gasteiger charge is -2.15. The molecule has 7 heteroatoms. The van der Waals surface area contributed by atoms with Crippen molar-refractivity contribution in [2.45, 2.75) is 18.9 Å². The van der Waals surface area contributed by atoms with Crippen LogP contribution in [0, 0.1) is 25.2 Å². The number of aryl methyl sites for hydroxylation is 2. The van der Waals surface area contributed by atoms with Crippen LogP contribution in [0.5, 0.6) is 5.75 Å². The van der Waals surface area contributed by atoms with Crippen molar-refractivity contribution in [2.24, 2.45) is 0 Å². The van der Waals surface area contributed by atoms with Crippen LogP contribution >= 0.6 is 23.4 Å². The number of nitrogens with one attached hydrogen (secondary N) is 1. The molecule has 0 bridgehead atoms. The third kappa shape index (κ3) is 5.71. The summed E-state index contributed by atoms with van der Waals surface area (Å²) in [6, 6.07) is 25.2. The Balaban J connectivity index is 1.72. The number of nitrogens with zero attached hydrogens (tertiary/aromatic N) is 2. The molecule has 3 aromatic carbocycles. The molecule has 4 rings (SSSR count). The first kappa shape index (κ1) is 25.3. The number of aromatic nitrogens is 1. The average molecular weight is 514 g/mol. The molecule has 1 amide bonds. The lowest BCUT2D eigenvalue weighted by molar-refractivity contribution is -0.113. The van der Waals surface area contributed by atoms with Gasteiger partial charge in [0.25, 0.3) is 0 Å². The highest BCUT2D eigenvalue weighted by Crippen LogP contribution is 2.38. The van der Waals surface area contributed by atoms with Gasteiger partial charge in [-0.15, -0.1) is 0 Å². The maximum Gasteiger partial charge on any atom is 0.234 e. The number of carbonyl (C=O) groups is 1. The van der Waals surface area contributed by atoms with Gasteiger partial charge in [0.2, 0.25) is 5.91 Å². The Hall–Kier alpha value is -3.79. The molecule has 180 valence electrons. The number of para-hydroxylation sites is 1. The molecule has 5 nitrogen and oxygen atoms in total. The number of ether oxygens (including phenoxy) is 1. The van der Waals surface area contributed by atoms with Crippen molar-refractivity contribution >= 4 is 35.0 Å². The highest BCUT2D eigenvalue weighted by atomic mass is 35.5. The zero-order chi connectivity index (χ0) is 25.7. The van der Waals surface area contributed by atoms with E-state index < -0.39 is 0 Å². The van der Waals surface area contributed by atoms with E-state index in [0.29, 0.717) is 38.3 Å². The molecule has 0 aliphatic heterocycles. The number of methoxy groups -OCH3 is 1. The molecule has 1 heterocycles. The number of nitriles is 1. The summed E-state index contributed by atoms with van der Waals surface area (Å²) < 4.78 is 5.57. The van der Waals surface area contributed by atoms with Gasteiger partial charge in [-0.05, 0) is 43.7 Å². The van der Waals surface area contributed by atoms with E-state index in [1.54, 1.807) is 19.2 Å². The monoisotopic (exact) mass is 513 g/mol. The fourth-order valence-electron chi connectivity index (χ4n) is 3.69. The highest BCUT2D eigenvalue weighted by Gasteiger charge is 2.19. The number of hydrogen-bond acceptors (Lipinski definition) is 5. The SMILES string of the molecule is COc1ccccc1-c1cc(-c2ccc(C)cc2)nc(SCC(=O)Nc2ccc(C)c(Cl)c2)c1C#N. The smallest absolute Gasteiger partial charge is 0.234 e. The number of thioether (sulfide) groups is 1. The second kappa shape index (κ2) is 11.3. The van der Waals surface area contributed by atoms with E-state index in [2.05, 4.69) is 11.4 Å². The summed E-state index contributed by atoms with van der Waals surface area (Å²) in [5.74, 6) is 0.515. The van der Waals surface area contributed by atoms with Crippen LogP contribution in [0.25, 0.3) is 22.4 Å². The van der Waals surface area contributed by atoms with Gasteiger partial charge in [-0.2, -0.15) is 5.26 Å². The summed E-state index contributed by atoms with van der Waals surface area (Å²) in [4.78, 5) is 17.5. The number of amides is 1. The zero-order valence-corrected chi connectivity index (χ0v) is 21.7. The van der Waals surface area contributed by atoms with Crippen molar-refractivity contribution in [3.63, 3.8) is 0 Å². The molecule has 0 aliphatic carbocycles. The molecule has 1 N–H and O–H groups in total. The van der Waals surface area contributed by atoms with E-state index in [0.717, 1.165) is 22.3 Å². The molecule has 0 saturated heterocycles. The Bertz CT molecular complexity index is 1460. The topological polar surface area (TPSA) is 75.0 Å². The maximum atomic E-state index is 12.7. The van der Waals surface area contributed by atoms with Gasteiger partial charge < -0.3 is 10.1 Å². The van der Waals surface area contributed by atoms with E-state index >= 15 is 0 Å². The highest BCUT2D eigenvalue weighted by molar-refractivity contribution is 8.00. The maximum absolute atomic E-state index is 12.7. The van der Waals surface area contributed by atoms with Crippen molar-refractivity contribution in [2.75, 3.05) is 18.2 Å². The molecule has 36 heavy (non-hydrogen) atoms. The Morgan fingerprint density at radius 3 is 2.50 bits per heavy atom. The molecule has 1 aromatic heterocycles. The quantitative estimate of drug-likeness (QED) is 0.262. The van der Waals surface area contributed by atoms with Gasteiger partial charge in [-0.25, -0.2) is 4.98 Å². The van der Waals surface area contributed by atoms with Crippen molar-refractivity contribution in [3.8, 4) is 34.2 Å². The summed E-state index contributed by atoms with van der Waals surface area (Å²) in [5.41, 5.74) is 6.20. The first-order valence-electron chi connectivity index (χ1n) is 11.2. The number of carbonyl (C=O) groups excluding carboxylic acids is 1. The third-order valence-corrected chi connectivity index (χ3v) is 7.02. The number of anilines is 1.